The zero-order valence-electron chi connectivity index (χ0n) is 9.04. The first kappa shape index (κ1) is 12.0. The smallest absolute Gasteiger partial charge is 0.188 e. The lowest BCUT2D eigenvalue weighted by Gasteiger charge is -2.10. The normalized spacial score (nSPS) is 10.8. The van der Waals surface area contributed by atoms with E-state index in [0.29, 0.717) is 10.8 Å². The van der Waals surface area contributed by atoms with Gasteiger partial charge < -0.3 is 14.6 Å². The first-order valence-electron chi connectivity index (χ1n) is 4.86. The molecule has 0 radical (unpaired) electrons. The molecule has 0 aliphatic heterocycles. The van der Waals surface area contributed by atoms with Crippen LogP contribution in [-0.2, 0) is 4.74 Å². The average Bonchev–Trinajstić information content (AvgIpc) is 2.30. The highest BCUT2D eigenvalue weighted by molar-refractivity contribution is 6.36. The molecule has 0 aliphatic rings. The largest absolute Gasteiger partial charge is 0.508 e. The van der Waals surface area contributed by atoms with Gasteiger partial charge in [-0.25, -0.2) is 4.39 Å². The Labute approximate surface area is 102 Å². The van der Waals surface area contributed by atoms with Gasteiger partial charge in [-0.15, -0.1) is 0 Å². The van der Waals surface area contributed by atoms with Gasteiger partial charge in [0.2, 0.25) is 0 Å². The summed E-state index contributed by atoms with van der Waals surface area (Å²) in [6.45, 7) is -0.00854. The molecular formula is C12H10ClFO3. The van der Waals surface area contributed by atoms with Crippen LogP contribution in [0.3, 0.4) is 0 Å². The fraction of sp³-hybridized carbons (Fsp3) is 0.167. The fourth-order valence-electron chi connectivity index (χ4n) is 1.58. The molecule has 0 amide bonds. The summed E-state index contributed by atoms with van der Waals surface area (Å²) in [5.74, 6) is -0.232. The van der Waals surface area contributed by atoms with Crippen molar-refractivity contribution in [1.82, 2.24) is 0 Å². The monoisotopic (exact) mass is 256 g/mol. The number of phenols is 1. The van der Waals surface area contributed by atoms with E-state index in [4.69, 9.17) is 21.1 Å². The molecule has 17 heavy (non-hydrogen) atoms. The number of fused-ring (bicyclic) bond motifs is 1. The van der Waals surface area contributed by atoms with Crippen molar-refractivity contribution < 1.29 is 19.0 Å². The Balaban J connectivity index is 2.66. The van der Waals surface area contributed by atoms with Gasteiger partial charge in [-0.3, -0.25) is 0 Å². The Morgan fingerprint density at radius 2 is 2.12 bits per heavy atom. The molecule has 0 atom stereocenters. The topological polar surface area (TPSA) is 38.7 Å². The van der Waals surface area contributed by atoms with Crippen LogP contribution in [0, 0.1) is 5.82 Å². The summed E-state index contributed by atoms with van der Waals surface area (Å²) in [6.07, 6.45) is 0. The first-order valence-corrected chi connectivity index (χ1v) is 5.23. The van der Waals surface area contributed by atoms with Crippen LogP contribution >= 0.6 is 11.6 Å². The summed E-state index contributed by atoms with van der Waals surface area (Å²) < 4.78 is 23.4. The van der Waals surface area contributed by atoms with E-state index >= 15 is 0 Å². The number of hydrogen-bond donors (Lipinski definition) is 1. The van der Waals surface area contributed by atoms with Crippen LogP contribution in [0.25, 0.3) is 10.8 Å². The van der Waals surface area contributed by atoms with Crippen molar-refractivity contribution in [3.8, 4) is 11.5 Å². The van der Waals surface area contributed by atoms with Gasteiger partial charge in [0.15, 0.2) is 6.79 Å². The number of hydrogen-bond acceptors (Lipinski definition) is 3. The first-order chi connectivity index (χ1) is 8.13. The predicted molar refractivity (Wildman–Crippen MR) is 63.1 cm³/mol. The second-order valence-corrected chi connectivity index (χ2v) is 3.83. The van der Waals surface area contributed by atoms with Crippen molar-refractivity contribution in [2.24, 2.45) is 0 Å². The van der Waals surface area contributed by atoms with E-state index in [0.717, 1.165) is 0 Å². The SMILES string of the molecule is COCOc1cc(O)cc2ccc(F)c(Cl)c12. The molecule has 0 unspecified atom stereocenters. The van der Waals surface area contributed by atoms with E-state index in [9.17, 15) is 9.50 Å². The standard InChI is InChI=1S/C12H10ClFO3/c1-16-6-17-10-5-8(15)4-7-2-3-9(14)12(13)11(7)10/h2-5,15H,6H2,1H3. The third-order valence-electron chi connectivity index (χ3n) is 2.29. The zero-order chi connectivity index (χ0) is 12.4. The molecule has 0 spiro atoms. The summed E-state index contributed by atoms with van der Waals surface area (Å²) in [5, 5.41) is 10.5. The number of benzene rings is 2. The maximum Gasteiger partial charge on any atom is 0.188 e. The van der Waals surface area contributed by atoms with Crippen LogP contribution in [0.5, 0.6) is 11.5 Å². The van der Waals surface area contributed by atoms with Crippen molar-refractivity contribution >= 4 is 22.4 Å². The second kappa shape index (κ2) is 4.77. The number of methoxy groups -OCH3 is 1. The van der Waals surface area contributed by atoms with E-state index in [1.807, 2.05) is 0 Å². The van der Waals surface area contributed by atoms with E-state index in [1.54, 1.807) is 0 Å². The van der Waals surface area contributed by atoms with Gasteiger partial charge in [0.1, 0.15) is 17.3 Å². The number of halogens is 2. The van der Waals surface area contributed by atoms with Crippen LogP contribution in [-0.4, -0.2) is 19.0 Å². The third-order valence-corrected chi connectivity index (χ3v) is 2.66. The van der Waals surface area contributed by atoms with Crippen molar-refractivity contribution in [2.75, 3.05) is 13.9 Å². The molecule has 90 valence electrons. The minimum absolute atomic E-state index is 0.00854. The highest BCUT2D eigenvalue weighted by Gasteiger charge is 2.12. The Morgan fingerprint density at radius 1 is 1.35 bits per heavy atom. The summed E-state index contributed by atoms with van der Waals surface area (Å²) in [4.78, 5) is 0. The van der Waals surface area contributed by atoms with Gasteiger partial charge in [0.05, 0.1) is 5.02 Å². The Kier molecular flexibility index (Phi) is 3.36. The fourth-order valence-corrected chi connectivity index (χ4v) is 1.85. The van der Waals surface area contributed by atoms with Gasteiger partial charge in [-0.2, -0.15) is 0 Å². The molecule has 2 aromatic rings. The maximum absolute atomic E-state index is 13.4. The molecular weight excluding hydrogens is 247 g/mol. The number of aromatic hydroxyl groups is 1. The molecule has 0 bridgehead atoms. The van der Waals surface area contributed by atoms with E-state index < -0.39 is 5.82 Å². The highest BCUT2D eigenvalue weighted by atomic mass is 35.5. The van der Waals surface area contributed by atoms with E-state index in [1.165, 1.54) is 31.4 Å². The average molecular weight is 257 g/mol. The minimum atomic E-state index is -0.535. The Hall–Kier alpha value is -1.52. The number of ether oxygens (including phenoxy) is 2. The minimum Gasteiger partial charge on any atom is -0.508 e. The molecule has 0 aromatic heterocycles. The third kappa shape index (κ3) is 2.28. The predicted octanol–water partition coefficient (Wildman–Crippen LogP) is 3.32. The van der Waals surface area contributed by atoms with Crippen molar-refractivity contribution in [3.05, 3.63) is 35.1 Å². The van der Waals surface area contributed by atoms with Crippen molar-refractivity contribution in [2.45, 2.75) is 0 Å². The number of rotatable bonds is 3. The lowest BCUT2D eigenvalue weighted by Crippen LogP contribution is -1.99. The van der Waals surface area contributed by atoms with Crippen LogP contribution in [0.15, 0.2) is 24.3 Å². The van der Waals surface area contributed by atoms with Crippen LogP contribution < -0.4 is 4.74 Å². The molecule has 3 nitrogen and oxygen atoms in total. The van der Waals surface area contributed by atoms with Crippen LogP contribution in [0.2, 0.25) is 5.02 Å². The summed E-state index contributed by atoms with van der Waals surface area (Å²) in [7, 11) is 1.47. The summed E-state index contributed by atoms with van der Waals surface area (Å²) >= 11 is 5.88. The molecule has 0 fully saturated rings. The van der Waals surface area contributed by atoms with Crippen molar-refractivity contribution in [3.63, 3.8) is 0 Å². The molecule has 0 saturated heterocycles. The molecule has 5 heteroatoms. The van der Waals surface area contributed by atoms with Gasteiger partial charge in [0.25, 0.3) is 0 Å². The lowest BCUT2D eigenvalue weighted by molar-refractivity contribution is 0.0521. The zero-order valence-corrected chi connectivity index (χ0v) is 9.79. The maximum atomic E-state index is 13.4. The summed E-state index contributed by atoms with van der Waals surface area (Å²) in [5.41, 5.74) is 0. The quantitative estimate of drug-likeness (QED) is 0.856. The van der Waals surface area contributed by atoms with Gasteiger partial charge >= 0.3 is 0 Å². The summed E-state index contributed by atoms with van der Waals surface area (Å²) in [6, 6.07) is 5.62. The van der Waals surface area contributed by atoms with Crippen LogP contribution in [0.4, 0.5) is 4.39 Å². The molecule has 1 N–H and O–H groups in total. The van der Waals surface area contributed by atoms with E-state index in [-0.39, 0.29) is 23.3 Å². The molecule has 2 aromatic carbocycles. The molecule has 0 heterocycles. The molecule has 0 saturated carbocycles. The molecule has 2 rings (SSSR count). The Bertz CT molecular complexity index is 557. The van der Waals surface area contributed by atoms with E-state index in [2.05, 4.69) is 0 Å². The lowest BCUT2D eigenvalue weighted by atomic mass is 10.1. The Morgan fingerprint density at radius 3 is 2.82 bits per heavy atom. The molecule has 0 aliphatic carbocycles. The van der Waals surface area contributed by atoms with Gasteiger partial charge in [-0.1, -0.05) is 17.7 Å². The second-order valence-electron chi connectivity index (χ2n) is 3.45. The highest BCUT2D eigenvalue weighted by Crippen LogP contribution is 2.37. The number of phenolic OH excluding ortho intramolecular Hbond substituents is 1. The van der Waals surface area contributed by atoms with Gasteiger partial charge in [0, 0.05) is 18.6 Å². The van der Waals surface area contributed by atoms with Crippen LogP contribution in [0.1, 0.15) is 0 Å². The van der Waals surface area contributed by atoms with Crippen molar-refractivity contribution in [1.29, 1.82) is 0 Å². The van der Waals surface area contributed by atoms with Gasteiger partial charge in [-0.05, 0) is 17.5 Å².